The van der Waals surface area contributed by atoms with Crippen molar-refractivity contribution < 1.29 is 14.6 Å². The van der Waals surface area contributed by atoms with E-state index in [1.165, 1.54) is 6.08 Å². The van der Waals surface area contributed by atoms with E-state index < -0.39 is 17.1 Å². The molecule has 2 N–H and O–H groups in total. The summed E-state index contributed by atoms with van der Waals surface area (Å²) in [6.45, 7) is 3.84. The van der Waals surface area contributed by atoms with Gasteiger partial charge in [0.15, 0.2) is 11.5 Å². The second-order valence-corrected chi connectivity index (χ2v) is 8.55. The monoisotopic (exact) mass is 449 g/mol. The molecule has 0 aliphatic carbocycles. The van der Waals surface area contributed by atoms with Gasteiger partial charge >= 0.3 is 5.69 Å². The van der Waals surface area contributed by atoms with Crippen LogP contribution in [0.3, 0.4) is 0 Å². The summed E-state index contributed by atoms with van der Waals surface area (Å²) in [6, 6.07) is 13.4. The van der Waals surface area contributed by atoms with Crippen molar-refractivity contribution >= 4 is 23.2 Å². The Morgan fingerprint density at radius 3 is 2.88 bits per heavy atom. The third-order valence-electron chi connectivity index (χ3n) is 5.31. The van der Waals surface area contributed by atoms with Crippen molar-refractivity contribution in [2.45, 2.75) is 23.1 Å². The first-order valence-electron chi connectivity index (χ1n) is 9.95. The van der Waals surface area contributed by atoms with Crippen molar-refractivity contribution in [3.63, 3.8) is 0 Å². The smallest absolute Gasteiger partial charge is 0.331 e. The highest BCUT2D eigenvalue weighted by Gasteiger charge is 2.28. The minimum absolute atomic E-state index is 0.0190. The van der Waals surface area contributed by atoms with Crippen molar-refractivity contribution in [2.75, 3.05) is 6.79 Å². The van der Waals surface area contributed by atoms with E-state index in [2.05, 4.69) is 11.6 Å². The zero-order chi connectivity index (χ0) is 22.2. The van der Waals surface area contributed by atoms with Crippen molar-refractivity contribution in [3.05, 3.63) is 87.1 Å². The van der Waals surface area contributed by atoms with Gasteiger partial charge in [-0.3, -0.25) is 19.3 Å². The van der Waals surface area contributed by atoms with E-state index in [0.29, 0.717) is 29.3 Å². The number of allylic oxidation sites excluding steroid dienone is 1. The summed E-state index contributed by atoms with van der Waals surface area (Å²) < 4.78 is 12.0. The second kappa shape index (κ2) is 8.08. The van der Waals surface area contributed by atoms with E-state index in [-0.39, 0.29) is 24.2 Å². The van der Waals surface area contributed by atoms with Crippen LogP contribution in [-0.4, -0.2) is 27.2 Å². The van der Waals surface area contributed by atoms with Gasteiger partial charge in [0.2, 0.25) is 12.7 Å². The minimum atomic E-state index is -0.701. The number of hydrogen-bond acceptors (Lipinski definition) is 7. The molecule has 0 saturated carbocycles. The Balaban J connectivity index is 1.66. The minimum Gasteiger partial charge on any atom is -0.494 e. The van der Waals surface area contributed by atoms with Crippen LogP contribution in [0.2, 0.25) is 0 Å². The molecule has 2 aliphatic rings. The quantitative estimate of drug-likeness (QED) is 0.591. The molecule has 5 rings (SSSR count). The second-order valence-electron chi connectivity index (χ2n) is 7.31. The summed E-state index contributed by atoms with van der Waals surface area (Å²) in [5.74, 6) is 0.929. The van der Waals surface area contributed by atoms with E-state index in [9.17, 15) is 14.7 Å². The SMILES string of the molecule is C=CCn1c(O)c(C2=Nc3ccccc3SC(c3ccc4c(c3)OCO4)C2)c(=O)[nH]c1=O. The molecular weight excluding hydrogens is 430 g/mol. The number of para-hydroxylation sites is 1. The number of ether oxygens (including phenoxy) is 2. The topological polar surface area (TPSA) is 106 Å². The first-order valence-corrected chi connectivity index (χ1v) is 10.8. The molecule has 0 bridgehead atoms. The molecule has 8 nitrogen and oxygen atoms in total. The zero-order valence-corrected chi connectivity index (χ0v) is 17.7. The van der Waals surface area contributed by atoms with Crippen LogP contribution in [0, 0.1) is 0 Å². The lowest BCUT2D eigenvalue weighted by Gasteiger charge is -2.17. The Morgan fingerprint density at radius 2 is 2.03 bits per heavy atom. The van der Waals surface area contributed by atoms with Crippen molar-refractivity contribution in [3.8, 4) is 17.4 Å². The fraction of sp³-hybridized carbons (Fsp3) is 0.174. The summed E-state index contributed by atoms with van der Waals surface area (Å²) in [7, 11) is 0. The highest BCUT2D eigenvalue weighted by molar-refractivity contribution is 7.99. The molecule has 2 aromatic carbocycles. The third-order valence-corrected chi connectivity index (χ3v) is 6.63. The number of aromatic nitrogens is 2. The van der Waals surface area contributed by atoms with Gasteiger partial charge in [-0.25, -0.2) is 4.79 Å². The number of nitrogens with zero attached hydrogens (tertiary/aromatic N) is 2. The zero-order valence-electron chi connectivity index (χ0n) is 16.9. The van der Waals surface area contributed by atoms with E-state index in [1.807, 2.05) is 42.5 Å². The standard InChI is InChI=1S/C23H19N3O5S/c1-2-9-26-22(28)20(21(27)25-23(26)29)15-11-19(32-18-6-4-3-5-14(18)24-15)13-7-8-16-17(10-13)31-12-30-16/h2-8,10,19,28H,1,9,11-12H2,(H,25,27,29). The van der Waals surface area contributed by atoms with Crippen LogP contribution in [0.4, 0.5) is 5.69 Å². The molecule has 162 valence electrons. The van der Waals surface area contributed by atoms with Gasteiger partial charge in [-0.15, -0.1) is 18.3 Å². The Hall–Kier alpha value is -3.72. The summed E-state index contributed by atoms with van der Waals surface area (Å²) >= 11 is 1.61. The molecule has 0 saturated heterocycles. The first-order chi connectivity index (χ1) is 15.5. The van der Waals surface area contributed by atoms with Crippen LogP contribution in [0.1, 0.15) is 22.8 Å². The lowest BCUT2D eigenvalue weighted by atomic mass is 10.0. The molecule has 0 fully saturated rings. The first kappa shape index (κ1) is 20.2. The van der Waals surface area contributed by atoms with Crippen LogP contribution in [-0.2, 0) is 6.54 Å². The van der Waals surface area contributed by atoms with Gasteiger partial charge < -0.3 is 14.6 Å². The van der Waals surface area contributed by atoms with E-state index >= 15 is 0 Å². The van der Waals surface area contributed by atoms with Gasteiger partial charge in [-0.1, -0.05) is 24.3 Å². The Bertz CT molecular complexity index is 1370. The molecule has 1 aromatic heterocycles. The number of aromatic hydroxyl groups is 1. The molecule has 0 spiro atoms. The Morgan fingerprint density at radius 1 is 1.22 bits per heavy atom. The maximum absolute atomic E-state index is 12.8. The van der Waals surface area contributed by atoms with E-state index in [0.717, 1.165) is 15.0 Å². The third kappa shape index (κ3) is 3.50. The van der Waals surface area contributed by atoms with Crippen LogP contribution in [0.25, 0.3) is 0 Å². The Labute approximate surface area is 186 Å². The number of nitrogens with one attached hydrogen (secondary N) is 1. The summed E-state index contributed by atoms with van der Waals surface area (Å²) in [6.07, 6.45) is 1.82. The molecule has 9 heteroatoms. The van der Waals surface area contributed by atoms with Gasteiger partial charge in [0.1, 0.15) is 5.56 Å². The van der Waals surface area contributed by atoms with Gasteiger partial charge in [-0.05, 0) is 29.8 Å². The van der Waals surface area contributed by atoms with Crippen LogP contribution in [0.5, 0.6) is 17.4 Å². The predicted octanol–water partition coefficient (Wildman–Crippen LogP) is 3.51. The number of H-pyrrole nitrogens is 1. The molecule has 0 amide bonds. The lowest BCUT2D eigenvalue weighted by Crippen LogP contribution is -2.34. The molecule has 1 atom stereocenters. The number of benzene rings is 2. The average molecular weight is 449 g/mol. The number of thioether (sulfide) groups is 1. The maximum Gasteiger partial charge on any atom is 0.331 e. The summed E-state index contributed by atoms with van der Waals surface area (Å²) in [5, 5.41) is 10.7. The number of hydrogen-bond donors (Lipinski definition) is 2. The largest absolute Gasteiger partial charge is 0.494 e. The lowest BCUT2D eigenvalue weighted by molar-refractivity contribution is 0.174. The summed E-state index contributed by atoms with van der Waals surface area (Å²) in [5.41, 5.74) is 0.652. The Kier molecular flexibility index (Phi) is 5.10. The van der Waals surface area contributed by atoms with Crippen molar-refractivity contribution in [1.29, 1.82) is 0 Å². The fourth-order valence-electron chi connectivity index (χ4n) is 3.79. The van der Waals surface area contributed by atoms with Crippen LogP contribution < -0.4 is 20.7 Å². The van der Waals surface area contributed by atoms with Crippen LogP contribution in [0.15, 0.2) is 74.6 Å². The highest BCUT2D eigenvalue weighted by Crippen LogP contribution is 2.47. The maximum atomic E-state index is 12.8. The predicted molar refractivity (Wildman–Crippen MR) is 122 cm³/mol. The van der Waals surface area contributed by atoms with E-state index in [4.69, 9.17) is 14.5 Å². The molecular formula is C23H19N3O5S. The molecule has 0 radical (unpaired) electrons. The highest BCUT2D eigenvalue weighted by atomic mass is 32.2. The number of aliphatic imine (C=N–C) groups is 1. The number of rotatable bonds is 4. The molecule has 1 unspecified atom stereocenters. The number of aromatic amines is 1. The molecule has 32 heavy (non-hydrogen) atoms. The van der Waals surface area contributed by atoms with Crippen molar-refractivity contribution in [1.82, 2.24) is 9.55 Å². The van der Waals surface area contributed by atoms with Gasteiger partial charge in [0, 0.05) is 23.1 Å². The van der Waals surface area contributed by atoms with Gasteiger partial charge in [-0.2, -0.15) is 0 Å². The van der Waals surface area contributed by atoms with Crippen LogP contribution >= 0.6 is 11.8 Å². The number of fused-ring (bicyclic) bond motifs is 2. The molecule has 2 aliphatic heterocycles. The molecule has 3 aromatic rings. The van der Waals surface area contributed by atoms with E-state index in [1.54, 1.807) is 11.8 Å². The summed E-state index contributed by atoms with van der Waals surface area (Å²) in [4.78, 5) is 32.9. The van der Waals surface area contributed by atoms with Gasteiger partial charge in [0.05, 0.1) is 11.4 Å². The normalized spacial score (nSPS) is 16.8. The fourth-order valence-corrected chi connectivity index (χ4v) is 5.01. The van der Waals surface area contributed by atoms with Crippen molar-refractivity contribution in [2.24, 2.45) is 4.99 Å². The molecule has 3 heterocycles. The van der Waals surface area contributed by atoms with Gasteiger partial charge in [0.25, 0.3) is 5.56 Å². The average Bonchev–Trinajstić information content (AvgIpc) is 3.16.